The summed E-state index contributed by atoms with van der Waals surface area (Å²) in [6, 6.07) is 13.2. The maximum Gasteiger partial charge on any atom is 0.278 e. The number of amides is 2. The third-order valence-corrected chi connectivity index (χ3v) is 5.13. The maximum atomic E-state index is 14.2. The van der Waals surface area contributed by atoms with Gasteiger partial charge in [0.1, 0.15) is 17.3 Å². The standard InChI is InChI=1S/C22H21FN2O4/c1-28-18-9-5-3-7-16(18)19-20(24-10-12-29-13-11-24)22(27)25(21(19)26)14-15-6-2-4-8-17(15)23/h2-9H,10-14H2,1H3. The molecule has 0 radical (unpaired) electrons. The quantitative estimate of drug-likeness (QED) is 0.727. The third kappa shape index (κ3) is 3.49. The summed E-state index contributed by atoms with van der Waals surface area (Å²) in [5.41, 5.74) is 1.44. The van der Waals surface area contributed by atoms with Crippen LogP contribution in [0.4, 0.5) is 4.39 Å². The molecule has 2 amide bonds. The fourth-order valence-electron chi connectivity index (χ4n) is 3.68. The average Bonchev–Trinajstić information content (AvgIpc) is 3.00. The van der Waals surface area contributed by atoms with Gasteiger partial charge in [0.15, 0.2) is 0 Å². The van der Waals surface area contributed by atoms with Gasteiger partial charge >= 0.3 is 0 Å². The lowest BCUT2D eigenvalue weighted by Gasteiger charge is -2.29. The zero-order chi connectivity index (χ0) is 20.4. The Hall–Kier alpha value is -3.19. The van der Waals surface area contributed by atoms with Crippen molar-refractivity contribution < 1.29 is 23.5 Å². The molecule has 0 spiro atoms. The molecule has 2 aromatic carbocycles. The van der Waals surface area contributed by atoms with E-state index in [4.69, 9.17) is 9.47 Å². The fourth-order valence-corrected chi connectivity index (χ4v) is 3.68. The van der Waals surface area contributed by atoms with E-state index in [1.165, 1.54) is 13.2 Å². The summed E-state index contributed by atoms with van der Waals surface area (Å²) in [6.07, 6.45) is 0. The van der Waals surface area contributed by atoms with Crippen molar-refractivity contribution in [3.8, 4) is 5.75 Å². The van der Waals surface area contributed by atoms with E-state index in [0.29, 0.717) is 43.3 Å². The van der Waals surface area contributed by atoms with Gasteiger partial charge < -0.3 is 14.4 Å². The van der Waals surface area contributed by atoms with Crippen molar-refractivity contribution in [1.82, 2.24) is 9.80 Å². The molecule has 2 aliphatic heterocycles. The Bertz CT molecular complexity index is 982. The number of imide groups is 1. The van der Waals surface area contributed by atoms with Gasteiger partial charge in [-0.05, 0) is 12.1 Å². The van der Waals surface area contributed by atoms with E-state index >= 15 is 0 Å². The number of carbonyl (C=O) groups excluding carboxylic acids is 2. The van der Waals surface area contributed by atoms with Crippen LogP contribution in [0.5, 0.6) is 5.75 Å². The van der Waals surface area contributed by atoms with E-state index in [-0.39, 0.29) is 17.7 Å². The Balaban J connectivity index is 1.79. The minimum atomic E-state index is -0.454. The highest BCUT2D eigenvalue weighted by molar-refractivity contribution is 6.35. The normalized spacial score (nSPS) is 17.3. The molecule has 1 fully saturated rings. The zero-order valence-corrected chi connectivity index (χ0v) is 16.1. The number of rotatable bonds is 5. The zero-order valence-electron chi connectivity index (χ0n) is 16.1. The molecule has 29 heavy (non-hydrogen) atoms. The number of para-hydroxylation sites is 1. The lowest BCUT2D eigenvalue weighted by atomic mass is 10.0. The summed E-state index contributed by atoms with van der Waals surface area (Å²) in [7, 11) is 1.52. The van der Waals surface area contributed by atoms with Gasteiger partial charge in [0.2, 0.25) is 0 Å². The Labute approximate surface area is 168 Å². The van der Waals surface area contributed by atoms with Crippen LogP contribution >= 0.6 is 0 Å². The highest BCUT2D eigenvalue weighted by atomic mass is 19.1. The van der Waals surface area contributed by atoms with E-state index in [0.717, 1.165) is 4.90 Å². The predicted molar refractivity (Wildman–Crippen MR) is 104 cm³/mol. The molecule has 0 unspecified atom stereocenters. The Morgan fingerprint density at radius 2 is 1.69 bits per heavy atom. The minimum Gasteiger partial charge on any atom is -0.496 e. The van der Waals surface area contributed by atoms with Gasteiger partial charge in [0.05, 0.1) is 32.4 Å². The largest absolute Gasteiger partial charge is 0.496 e. The summed E-state index contributed by atoms with van der Waals surface area (Å²) >= 11 is 0. The summed E-state index contributed by atoms with van der Waals surface area (Å²) < 4.78 is 25.0. The summed E-state index contributed by atoms with van der Waals surface area (Å²) in [4.78, 5) is 29.7. The molecule has 0 aliphatic carbocycles. The van der Waals surface area contributed by atoms with Gasteiger partial charge in [-0.1, -0.05) is 36.4 Å². The van der Waals surface area contributed by atoms with Crippen LogP contribution in [-0.4, -0.2) is 55.0 Å². The van der Waals surface area contributed by atoms with Crippen LogP contribution in [0.25, 0.3) is 5.57 Å². The molecule has 150 valence electrons. The Morgan fingerprint density at radius 3 is 2.41 bits per heavy atom. The molecule has 6 nitrogen and oxygen atoms in total. The molecule has 0 saturated carbocycles. The highest BCUT2D eigenvalue weighted by Gasteiger charge is 2.42. The lowest BCUT2D eigenvalue weighted by molar-refractivity contribution is -0.138. The molecule has 1 saturated heterocycles. The number of hydrogen-bond donors (Lipinski definition) is 0. The van der Waals surface area contributed by atoms with Gasteiger partial charge in [-0.15, -0.1) is 0 Å². The second-order valence-electron chi connectivity index (χ2n) is 6.81. The second kappa shape index (κ2) is 8.05. The number of morpholine rings is 1. The predicted octanol–water partition coefficient (Wildman–Crippen LogP) is 2.45. The molecule has 2 aromatic rings. The number of nitrogens with zero attached hydrogens (tertiary/aromatic N) is 2. The number of ether oxygens (including phenoxy) is 2. The van der Waals surface area contributed by atoms with Gasteiger partial charge in [0.25, 0.3) is 11.8 Å². The van der Waals surface area contributed by atoms with Crippen molar-refractivity contribution in [2.75, 3.05) is 33.4 Å². The van der Waals surface area contributed by atoms with Gasteiger partial charge in [-0.2, -0.15) is 0 Å². The van der Waals surface area contributed by atoms with Crippen LogP contribution in [0.15, 0.2) is 54.2 Å². The van der Waals surface area contributed by atoms with Crippen LogP contribution in [0.3, 0.4) is 0 Å². The van der Waals surface area contributed by atoms with Crippen LogP contribution in [0, 0.1) is 5.82 Å². The maximum absolute atomic E-state index is 14.2. The van der Waals surface area contributed by atoms with Crippen molar-refractivity contribution in [2.24, 2.45) is 0 Å². The minimum absolute atomic E-state index is 0.128. The van der Waals surface area contributed by atoms with E-state index in [1.54, 1.807) is 42.5 Å². The molecular formula is C22H21FN2O4. The average molecular weight is 396 g/mol. The lowest BCUT2D eigenvalue weighted by Crippen LogP contribution is -2.40. The Morgan fingerprint density at radius 1 is 1.00 bits per heavy atom. The second-order valence-corrected chi connectivity index (χ2v) is 6.81. The van der Waals surface area contributed by atoms with E-state index in [9.17, 15) is 14.0 Å². The van der Waals surface area contributed by atoms with Crippen molar-refractivity contribution in [1.29, 1.82) is 0 Å². The van der Waals surface area contributed by atoms with Crippen LogP contribution in [0.2, 0.25) is 0 Å². The number of halogens is 1. The molecule has 0 N–H and O–H groups in total. The third-order valence-electron chi connectivity index (χ3n) is 5.13. The van der Waals surface area contributed by atoms with E-state index in [1.807, 2.05) is 4.90 Å². The van der Waals surface area contributed by atoms with Crippen molar-refractivity contribution >= 4 is 17.4 Å². The fraction of sp³-hybridized carbons (Fsp3) is 0.273. The number of carbonyl (C=O) groups is 2. The smallest absolute Gasteiger partial charge is 0.278 e. The van der Waals surface area contributed by atoms with Crippen LogP contribution < -0.4 is 4.74 Å². The summed E-state index contributed by atoms with van der Waals surface area (Å²) in [5.74, 6) is -0.834. The molecular weight excluding hydrogens is 375 g/mol. The Kier molecular flexibility index (Phi) is 5.31. The summed E-state index contributed by atoms with van der Waals surface area (Å²) in [5, 5.41) is 0. The van der Waals surface area contributed by atoms with Crippen molar-refractivity contribution in [2.45, 2.75) is 6.54 Å². The first-order valence-electron chi connectivity index (χ1n) is 9.41. The number of hydrogen-bond acceptors (Lipinski definition) is 5. The van der Waals surface area contributed by atoms with Gasteiger partial charge in [-0.25, -0.2) is 4.39 Å². The summed E-state index contributed by atoms with van der Waals surface area (Å²) in [6.45, 7) is 1.81. The van der Waals surface area contributed by atoms with Crippen LogP contribution in [-0.2, 0) is 20.9 Å². The van der Waals surface area contributed by atoms with Gasteiger partial charge in [0, 0.05) is 24.2 Å². The monoisotopic (exact) mass is 396 g/mol. The number of benzene rings is 2. The molecule has 0 atom stereocenters. The van der Waals surface area contributed by atoms with Crippen LogP contribution in [0.1, 0.15) is 11.1 Å². The first-order chi connectivity index (χ1) is 14.1. The topological polar surface area (TPSA) is 59.1 Å². The molecule has 2 heterocycles. The van der Waals surface area contributed by atoms with Crippen molar-refractivity contribution in [3.63, 3.8) is 0 Å². The molecule has 0 aromatic heterocycles. The SMILES string of the molecule is COc1ccccc1C1=C(N2CCOCC2)C(=O)N(Cc2ccccc2F)C1=O. The first-order valence-corrected chi connectivity index (χ1v) is 9.41. The van der Waals surface area contributed by atoms with E-state index in [2.05, 4.69) is 0 Å². The molecule has 4 rings (SSSR count). The van der Waals surface area contributed by atoms with Crippen molar-refractivity contribution in [3.05, 3.63) is 71.2 Å². The number of methoxy groups -OCH3 is 1. The van der Waals surface area contributed by atoms with Gasteiger partial charge in [-0.3, -0.25) is 14.5 Å². The molecule has 7 heteroatoms. The highest BCUT2D eigenvalue weighted by Crippen LogP contribution is 2.37. The first kappa shape index (κ1) is 19.1. The molecule has 0 bridgehead atoms. The molecule has 2 aliphatic rings. The van der Waals surface area contributed by atoms with E-state index < -0.39 is 17.6 Å².